The highest BCUT2D eigenvalue weighted by molar-refractivity contribution is 5.87. The van der Waals surface area contributed by atoms with E-state index < -0.39 is 0 Å². The zero-order valence-electron chi connectivity index (χ0n) is 12.6. The molecule has 0 spiro atoms. The summed E-state index contributed by atoms with van der Waals surface area (Å²) in [5, 5.41) is 3.54. The molecule has 0 aliphatic carbocycles. The van der Waals surface area contributed by atoms with Crippen LogP contribution < -0.4 is 5.32 Å². The quantitative estimate of drug-likeness (QED) is 0.767. The summed E-state index contributed by atoms with van der Waals surface area (Å²) in [7, 11) is 1.38. The molecular formula is C17H22N2O2. The third-order valence-electron chi connectivity index (χ3n) is 3.47. The van der Waals surface area contributed by atoms with E-state index in [1.165, 1.54) is 12.7 Å². The van der Waals surface area contributed by atoms with Crippen LogP contribution in [0.25, 0.3) is 0 Å². The van der Waals surface area contributed by atoms with Gasteiger partial charge >= 0.3 is 5.97 Å². The number of carbonyl (C=O) groups is 1. The van der Waals surface area contributed by atoms with Crippen molar-refractivity contribution in [3.63, 3.8) is 0 Å². The van der Waals surface area contributed by atoms with E-state index in [1.807, 2.05) is 12.1 Å². The maximum atomic E-state index is 11.4. The second-order valence-corrected chi connectivity index (χ2v) is 5.02. The first-order valence-electron chi connectivity index (χ1n) is 7.29. The van der Waals surface area contributed by atoms with Crippen molar-refractivity contribution < 1.29 is 9.53 Å². The Balaban J connectivity index is 1.99. The van der Waals surface area contributed by atoms with E-state index in [-0.39, 0.29) is 5.97 Å². The van der Waals surface area contributed by atoms with Crippen LogP contribution in [0.3, 0.4) is 0 Å². The number of carbonyl (C=O) groups excluding carboxylic acids is 1. The van der Waals surface area contributed by atoms with Gasteiger partial charge in [0.25, 0.3) is 0 Å². The van der Waals surface area contributed by atoms with Crippen LogP contribution in [0.15, 0.2) is 42.5 Å². The van der Waals surface area contributed by atoms with E-state index >= 15 is 0 Å². The molecule has 0 amide bonds. The number of H-pyrrole nitrogens is 1. The van der Waals surface area contributed by atoms with Gasteiger partial charge in [0.05, 0.1) is 7.11 Å². The second kappa shape index (κ2) is 7.64. The van der Waals surface area contributed by atoms with E-state index in [0.29, 0.717) is 18.3 Å². The number of aromatic nitrogens is 1. The van der Waals surface area contributed by atoms with Crippen LogP contribution in [0, 0.1) is 0 Å². The summed E-state index contributed by atoms with van der Waals surface area (Å²) in [6.45, 7) is 2.87. The van der Waals surface area contributed by atoms with Gasteiger partial charge < -0.3 is 15.0 Å². The van der Waals surface area contributed by atoms with Crippen LogP contribution in [0.5, 0.6) is 0 Å². The van der Waals surface area contributed by atoms with Gasteiger partial charge in [0, 0.05) is 18.3 Å². The van der Waals surface area contributed by atoms with Crippen molar-refractivity contribution in [3.8, 4) is 0 Å². The van der Waals surface area contributed by atoms with Gasteiger partial charge in [-0.1, -0.05) is 43.7 Å². The number of esters is 1. The fourth-order valence-electron chi connectivity index (χ4n) is 2.37. The third-order valence-corrected chi connectivity index (χ3v) is 3.47. The molecule has 0 bridgehead atoms. The molecule has 1 atom stereocenters. The summed E-state index contributed by atoms with van der Waals surface area (Å²) in [4.78, 5) is 14.5. The van der Waals surface area contributed by atoms with Crippen molar-refractivity contribution in [2.24, 2.45) is 0 Å². The molecule has 2 N–H and O–H groups in total. The summed E-state index contributed by atoms with van der Waals surface area (Å²) in [6.07, 6.45) is 2.19. The number of aromatic amines is 1. The normalized spacial score (nSPS) is 12.1. The molecule has 112 valence electrons. The Kier molecular flexibility index (Phi) is 5.58. The molecule has 0 aliphatic heterocycles. The Bertz CT molecular complexity index is 563. The van der Waals surface area contributed by atoms with Gasteiger partial charge in [0.15, 0.2) is 0 Å². The molecule has 21 heavy (non-hydrogen) atoms. The van der Waals surface area contributed by atoms with Crippen LogP contribution in [0.1, 0.15) is 47.6 Å². The van der Waals surface area contributed by atoms with Gasteiger partial charge in [-0.3, -0.25) is 0 Å². The molecule has 1 unspecified atom stereocenters. The van der Waals surface area contributed by atoms with E-state index in [0.717, 1.165) is 18.5 Å². The topological polar surface area (TPSA) is 54.1 Å². The number of rotatable bonds is 7. The number of hydrogen-bond donors (Lipinski definition) is 2. The first-order valence-corrected chi connectivity index (χ1v) is 7.29. The Morgan fingerprint density at radius 1 is 1.24 bits per heavy atom. The highest BCUT2D eigenvalue weighted by Crippen LogP contribution is 2.18. The molecule has 0 radical (unpaired) electrons. The zero-order chi connectivity index (χ0) is 15.1. The smallest absolute Gasteiger partial charge is 0.354 e. The SMILES string of the molecule is CCCC(NCc1ccc(C(=O)OC)[nH]1)c1ccccc1. The Labute approximate surface area is 125 Å². The van der Waals surface area contributed by atoms with Crippen molar-refractivity contribution in [2.45, 2.75) is 32.4 Å². The molecule has 0 aliphatic rings. The van der Waals surface area contributed by atoms with Crippen molar-refractivity contribution in [2.75, 3.05) is 7.11 Å². The van der Waals surface area contributed by atoms with E-state index in [1.54, 1.807) is 6.07 Å². The highest BCUT2D eigenvalue weighted by Gasteiger charge is 2.11. The maximum Gasteiger partial charge on any atom is 0.354 e. The monoisotopic (exact) mass is 286 g/mol. The van der Waals surface area contributed by atoms with Crippen LogP contribution >= 0.6 is 0 Å². The summed E-state index contributed by atoms with van der Waals surface area (Å²) in [6, 6.07) is 14.4. The van der Waals surface area contributed by atoms with Crippen LogP contribution in [-0.2, 0) is 11.3 Å². The van der Waals surface area contributed by atoms with Gasteiger partial charge in [-0.15, -0.1) is 0 Å². The van der Waals surface area contributed by atoms with Crippen molar-refractivity contribution in [1.29, 1.82) is 0 Å². The van der Waals surface area contributed by atoms with Crippen molar-refractivity contribution >= 4 is 5.97 Å². The molecule has 4 heteroatoms. The lowest BCUT2D eigenvalue weighted by molar-refractivity contribution is 0.0594. The molecule has 1 heterocycles. The lowest BCUT2D eigenvalue weighted by Crippen LogP contribution is -2.21. The molecule has 1 aromatic carbocycles. The third kappa shape index (κ3) is 4.20. The predicted octanol–water partition coefficient (Wildman–Crippen LogP) is 3.43. The molecule has 1 aromatic heterocycles. The minimum absolute atomic E-state index is 0.320. The number of nitrogens with one attached hydrogen (secondary N) is 2. The largest absolute Gasteiger partial charge is 0.464 e. The van der Waals surface area contributed by atoms with Gasteiger partial charge in [-0.2, -0.15) is 0 Å². The molecular weight excluding hydrogens is 264 g/mol. The Morgan fingerprint density at radius 3 is 2.67 bits per heavy atom. The molecule has 2 rings (SSSR count). The summed E-state index contributed by atoms with van der Waals surface area (Å²) in [5.74, 6) is -0.339. The summed E-state index contributed by atoms with van der Waals surface area (Å²) >= 11 is 0. The number of benzene rings is 1. The predicted molar refractivity (Wildman–Crippen MR) is 83.1 cm³/mol. The fraction of sp³-hybridized carbons (Fsp3) is 0.353. The standard InChI is InChI=1S/C17H22N2O2/c1-3-7-15(13-8-5-4-6-9-13)18-12-14-10-11-16(19-14)17(20)21-2/h4-6,8-11,15,18-19H,3,7,12H2,1-2H3. The fourth-order valence-corrected chi connectivity index (χ4v) is 2.37. The first kappa shape index (κ1) is 15.3. The highest BCUT2D eigenvalue weighted by atomic mass is 16.5. The average molecular weight is 286 g/mol. The van der Waals surface area contributed by atoms with E-state index in [9.17, 15) is 4.79 Å². The lowest BCUT2D eigenvalue weighted by Gasteiger charge is -2.18. The van der Waals surface area contributed by atoms with Crippen LogP contribution in [-0.4, -0.2) is 18.1 Å². The van der Waals surface area contributed by atoms with Gasteiger partial charge in [-0.05, 0) is 24.1 Å². The molecule has 0 saturated heterocycles. The minimum atomic E-state index is -0.339. The number of methoxy groups -OCH3 is 1. The van der Waals surface area contributed by atoms with Crippen molar-refractivity contribution in [3.05, 3.63) is 59.4 Å². The average Bonchev–Trinajstić information content (AvgIpc) is 3.00. The first-order chi connectivity index (χ1) is 10.2. The molecule has 0 saturated carbocycles. The second-order valence-electron chi connectivity index (χ2n) is 5.02. The molecule has 4 nitrogen and oxygen atoms in total. The minimum Gasteiger partial charge on any atom is -0.464 e. The van der Waals surface area contributed by atoms with Crippen LogP contribution in [0.2, 0.25) is 0 Å². The molecule has 2 aromatic rings. The van der Waals surface area contributed by atoms with Gasteiger partial charge in [0.1, 0.15) is 5.69 Å². The maximum absolute atomic E-state index is 11.4. The van der Waals surface area contributed by atoms with Crippen LogP contribution in [0.4, 0.5) is 0 Å². The van der Waals surface area contributed by atoms with Gasteiger partial charge in [-0.25, -0.2) is 4.79 Å². The number of ether oxygens (including phenoxy) is 1. The van der Waals surface area contributed by atoms with Gasteiger partial charge in [0.2, 0.25) is 0 Å². The van der Waals surface area contributed by atoms with Crippen molar-refractivity contribution in [1.82, 2.24) is 10.3 Å². The lowest BCUT2D eigenvalue weighted by atomic mass is 10.0. The van der Waals surface area contributed by atoms with E-state index in [2.05, 4.69) is 41.5 Å². The van der Waals surface area contributed by atoms with E-state index in [4.69, 9.17) is 4.74 Å². The summed E-state index contributed by atoms with van der Waals surface area (Å²) < 4.78 is 4.69. The Hall–Kier alpha value is -2.07. The molecule has 0 fully saturated rings. The number of hydrogen-bond acceptors (Lipinski definition) is 3. The summed E-state index contributed by atoms with van der Waals surface area (Å²) in [5.41, 5.74) is 2.76. The zero-order valence-corrected chi connectivity index (χ0v) is 12.6. The Morgan fingerprint density at radius 2 is 2.00 bits per heavy atom.